The smallest absolute Gasteiger partial charge is 0.391 e. The van der Waals surface area contributed by atoms with Crippen LogP contribution in [0.3, 0.4) is 0 Å². The minimum Gasteiger partial charge on any atom is -0.478 e. The number of fused-ring (bicyclic) bond motifs is 3. The summed E-state index contributed by atoms with van der Waals surface area (Å²) >= 11 is 5.27. The topological polar surface area (TPSA) is 148 Å². The van der Waals surface area contributed by atoms with Crippen molar-refractivity contribution in [3.05, 3.63) is 197 Å². The number of amides is 1. The monoisotopic (exact) mass is 1010 g/mol. The Bertz CT molecular complexity index is 3030. The van der Waals surface area contributed by atoms with Gasteiger partial charge in [-0.25, -0.2) is 18.0 Å². The zero-order valence-electron chi connectivity index (χ0n) is 37.6. The number of para-hydroxylation sites is 3. The molecule has 5 aromatic carbocycles. The molecule has 8 aromatic rings. The molecular formula is C52H43ClF9N5O4. The second kappa shape index (κ2) is 23.4. The molecule has 0 aliphatic heterocycles. The Morgan fingerprint density at radius 2 is 0.930 bits per heavy atom. The first-order valence-electron chi connectivity index (χ1n) is 21.2. The van der Waals surface area contributed by atoms with E-state index < -0.39 is 70.8 Å². The van der Waals surface area contributed by atoms with E-state index in [4.69, 9.17) is 22.4 Å². The fraction of sp³-hybridized carbons (Fsp3) is 0.192. The highest BCUT2D eigenvalue weighted by Gasteiger charge is 2.41. The lowest BCUT2D eigenvalue weighted by Crippen LogP contribution is -2.50. The number of pyridine rings is 3. The zero-order chi connectivity index (χ0) is 52.1. The summed E-state index contributed by atoms with van der Waals surface area (Å²) in [5.41, 5.74) is 5.26. The number of aromatic carboxylic acids is 1. The molecule has 0 spiro atoms. The first-order valence-corrected chi connectivity index (χ1v) is 21.6. The summed E-state index contributed by atoms with van der Waals surface area (Å²) in [7, 11) is 0. The molecule has 0 unspecified atom stereocenters. The molecule has 0 aliphatic rings. The van der Waals surface area contributed by atoms with Crippen LogP contribution in [0.2, 0.25) is 0 Å². The Morgan fingerprint density at radius 3 is 1.34 bits per heavy atom. The number of aromatic nitrogens is 3. The van der Waals surface area contributed by atoms with Gasteiger partial charge in [0.15, 0.2) is 0 Å². The van der Waals surface area contributed by atoms with E-state index in [1.165, 1.54) is 68.6 Å². The average Bonchev–Trinajstić information content (AvgIpc) is 3.28. The van der Waals surface area contributed by atoms with Gasteiger partial charge in [-0.1, -0.05) is 97.1 Å². The number of alkyl halides is 6. The number of halogens is 10. The number of rotatable bonds is 10. The van der Waals surface area contributed by atoms with Crippen LogP contribution in [0.15, 0.2) is 152 Å². The van der Waals surface area contributed by atoms with E-state index in [1.807, 2.05) is 6.07 Å². The van der Waals surface area contributed by atoms with E-state index in [9.17, 15) is 53.9 Å². The van der Waals surface area contributed by atoms with Gasteiger partial charge in [0.1, 0.15) is 34.0 Å². The lowest BCUT2D eigenvalue weighted by molar-refractivity contribution is -0.148. The molecule has 3 aromatic heterocycles. The molecule has 370 valence electrons. The summed E-state index contributed by atoms with van der Waals surface area (Å²) in [6.07, 6.45) is -7.00. The molecule has 4 N–H and O–H groups in total. The third kappa shape index (κ3) is 16.9. The van der Waals surface area contributed by atoms with E-state index in [-0.39, 0.29) is 46.1 Å². The number of benzene rings is 5. The average molecular weight is 1010 g/mol. The van der Waals surface area contributed by atoms with Crippen LogP contribution in [-0.4, -0.2) is 60.6 Å². The lowest BCUT2D eigenvalue weighted by atomic mass is 9.88. The first-order chi connectivity index (χ1) is 33.3. The maximum absolute atomic E-state index is 13.7. The number of carbonyl (C=O) groups is 3. The third-order valence-corrected chi connectivity index (χ3v) is 10.4. The Labute approximate surface area is 405 Å². The fourth-order valence-electron chi connectivity index (χ4n) is 7.29. The second-order valence-electron chi connectivity index (χ2n) is 16.8. The summed E-state index contributed by atoms with van der Waals surface area (Å²) in [6, 6.07) is 35.2. The van der Waals surface area contributed by atoms with Crippen molar-refractivity contribution in [1.82, 2.24) is 20.3 Å². The predicted octanol–water partition coefficient (Wildman–Crippen LogP) is 12.8. The van der Waals surface area contributed by atoms with E-state index in [0.717, 1.165) is 18.0 Å². The van der Waals surface area contributed by atoms with Crippen molar-refractivity contribution in [2.75, 3.05) is 0 Å². The van der Waals surface area contributed by atoms with Crippen molar-refractivity contribution in [3.63, 3.8) is 0 Å². The quantitative estimate of drug-likeness (QED) is 0.0906. The summed E-state index contributed by atoms with van der Waals surface area (Å²) in [5, 5.41) is 12.0. The molecule has 0 saturated heterocycles. The van der Waals surface area contributed by atoms with Gasteiger partial charge < -0.3 is 16.2 Å². The van der Waals surface area contributed by atoms with Gasteiger partial charge in [-0.3, -0.25) is 24.5 Å². The second-order valence-corrected chi connectivity index (χ2v) is 17.1. The number of carbonyl (C=O) groups excluding carboxylic acids is 2. The highest BCUT2D eigenvalue weighted by atomic mass is 35.5. The molecule has 19 heteroatoms. The van der Waals surface area contributed by atoms with E-state index in [2.05, 4.69) is 20.3 Å². The number of nitrogens with zero attached hydrogens (tertiary/aromatic N) is 3. The number of hydrogen-bond acceptors (Lipinski definition) is 7. The Balaban J connectivity index is 0.000000186. The molecule has 9 nitrogen and oxygen atoms in total. The molecule has 2 atom stereocenters. The molecule has 0 saturated carbocycles. The maximum atomic E-state index is 13.7. The number of carboxylic acids is 1. The molecule has 0 aliphatic carbocycles. The number of hydrogen-bond donors (Lipinski definition) is 3. The van der Waals surface area contributed by atoms with Crippen molar-refractivity contribution in [2.45, 2.75) is 63.0 Å². The predicted molar refractivity (Wildman–Crippen MR) is 252 cm³/mol. The van der Waals surface area contributed by atoms with Crippen LogP contribution >= 0.6 is 11.6 Å². The van der Waals surface area contributed by atoms with Crippen LogP contribution < -0.4 is 11.1 Å². The van der Waals surface area contributed by atoms with Crippen LogP contribution in [-0.2, 0) is 12.8 Å². The molecule has 8 rings (SSSR count). The number of nitrogens with two attached hydrogens (primary N) is 1. The SMILES string of the molecule is C[C@](Cc1ccccc1)(CC(F)(F)F)NC(=O)c1cnc2c(F)cccc2c1.C[C@](N)(Cc1ccccc1)CC(F)(F)F.O=C(Cl)c1cnc2c(F)cccc2c1.O=C(O)c1cnc2c(F)cccc2c1. The van der Waals surface area contributed by atoms with Crippen molar-refractivity contribution < 1.29 is 59.0 Å². The van der Waals surface area contributed by atoms with Gasteiger partial charge in [-0.2, -0.15) is 26.3 Å². The Morgan fingerprint density at radius 1 is 0.549 bits per heavy atom. The summed E-state index contributed by atoms with van der Waals surface area (Å²) < 4.78 is 116. The number of carboxylic acid groups (broad SMARTS) is 1. The normalized spacial score (nSPS) is 13.0. The van der Waals surface area contributed by atoms with Gasteiger partial charge >= 0.3 is 18.3 Å². The molecule has 0 fully saturated rings. The molecule has 1 amide bonds. The van der Waals surface area contributed by atoms with Crippen molar-refractivity contribution >= 4 is 61.4 Å². The van der Waals surface area contributed by atoms with Crippen LogP contribution in [0, 0.1) is 17.5 Å². The molecular weight excluding hydrogens is 965 g/mol. The van der Waals surface area contributed by atoms with Crippen LogP contribution in [0.4, 0.5) is 39.5 Å². The summed E-state index contributed by atoms with van der Waals surface area (Å²) in [5.74, 6) is -3.14. The van der Waals surface area contributed by atoms with E-state index in [1.54, 1.807) is 78.9 Å². The first kappa shape index (κ1) is 54.5. The van der Waals surface area contributed by atoms with Gasteiger partial charge in [-0.15, -0.1) is 0 Å². The molecule has 0 bridgehead atoms. The van der Waals surface area contributed by atoms with E-state index in [0.29, 0.717) is 21.7 Å². The van der Waals surface area contributed by atoms with Crippen molar-refractivity contribution in [2.24, 2.45) is 5.73 Å². The van der Waals surface area contributed by atoms with E-state index >= 15 is 0 Å². The van der Waals surface area contributed by atoms with Crippen LogP contribution in [0.1, 0.15) is 68.9 Å². The molecule has 3 heterocycles. The van der Waals surface area contributed by atoms with Crippen LogP contribution in [0.25, 0.3) is 32.7 Å². The largest absolute Gasteiger partial charge is 0.478 e. The third-order valence-electron chi connectivity index (χ3n) is 10.2. The highest BCUT2D eigenvalue weighted by Crippen LogP contribution is 2.31. The lowest BCUT2D eigenvalue weighted by Gasteiger charge is -2.32. The zero-order valence-corrected chi connectivity index (χ0v) is 38.4. The molecule has 71 heavy (non-hydrogen) atoms. The van der Waals surface area contributed by atoms with Gasteiger partial charge in [-0.05, 0) is 85.8 Å². The maximum Gasteiger partial charge on any atom is 0.391 e. The standard InChI is InChI=1S/C21H18F4N2O.C11H14F3N.C10H5ClFNO.C10H6FNO2/c1-20(13-21(23,24)25,11-14-6-3-2-4-7-14)27-19(28)16-10-15-8-5-9-17(22)18(15)26-12-16;1-10(15,8-11(12,13)14)7-9-5-3-2-4-6-9;11-10(14)7-4-6-2-1-3-8(12)9(6)13-5-7;11-8-3-1-2-6-4-7(10(13)14)5-12-9(6)8/h2-10,12H,11,13H2,1H3,(H,27,28);2-6H,7-8,15H2,1H3;1-5H;1-5H,(H,13,14)/t20-;10-;;/m00../s1. The summed E-state index contributed by atoms with van der Waals surface area (Å²) in [6.45, 7) is 2.78. The van der Waals surface area contributed by atoms with Gasteiger partial charge in [0.2, 0.25) is 0 Å². The van der Waals surface area contributed by atoms with Crippen molar-refractivity contribution in [1.29, 1.82) is 0 Å². The summed E-state index contributed by atoms with van der Waals surface area (Å²) in [4.78, 5) is 45.6. The van der Waals surface area contributed by atoms with Crippen molar-refractivity contribution in [3.8, 4) is 0 Å². The van der Waals surface area contributed by atoms with Crippen LogP contribution in [0.5, 0.6) is 0 Å². The Hall–Kier alpha value is -7.44. The molecule has 0 radical (unpaired) electrons. The fourth-order valence-corrected chi connectivity index (χ4v) is 7.39. The minimum absolute atomic E-state index is 0.00866. The Kier molecular flexibility index (Phi) is 18.0. The minimum atomic E-state index is -4.46. The highest BCUT2D eigenvalue weighted by molar-refractivity contribution is 6.67. The number of nitrogens with one attached hydrogen (secondary N) is 1. The van der Waals surface area contributed by atoms with Gasteiger partial charge in [0, 0.05) is 40.3 Å². The van der Waals surface area contributed by atoms with Gasteiger partial charge in [0.25, 0.3) is 11.1 Å². The van der Waals surface area contributed by atoms with Gasteiger partial charge in [0.05, 0.1) is 35.1 Å².